The molecule has 22 heavy (non-hydrogen) atoms. The van der Waals surface area contributed by atoms with Gasteiger partial charge in [0.15, 0.2) is 5.76 Å². The first-order valence-corrected chi connectivity index (χ1v) is 6.92. The number of hydrogen-bond acceptors (Lipinski definition) is 8. The number of carbonyl (C=O) groups excluding carboxylic acids is 1. The molecule has 0 amide bonds. The molecule has 0 bridgehead atoms. The fourth-order valence-electron chi connectivity index (χ4n) is 1.66. The maximum atomic E-state index is 11.7. The van der Waals surface area contributed by atoms with E-state index in [0.717, 1.165) is 10.9 Å². The standard InChI is InChI=1S/C13H8N2O6S/c16-13(9-3-4-12(20-9)15(17)18)19-7-8-6-10(21-14-8)11-2-1-5-22-11/h1-6H,7H2. The lowest BCUT2D eigenvalue weighted by atomic mass is 10.3. The van der Waals surface area contributed by atoms with E-state index in [9.17, 15) is 14.9 Å². The third-order valence-corrected chi connectivity index (χ3v) is 3.53. The zero-order chi connectivity index (χ0) is 15.5. The molecule has 0 unspecified atom stereocenters. The molecule has 0 saturated carbocycles. The summed E-state index contributed by atoms with van der Waals surface area (Å²) >= 11 is 1.50. The predicted octanol–water partition coefficient (Wildman–Crippen LogP) is 3.26. The van der Waals surface area contributed by atoms with Gasteiger partial charge in [-0.2, -0.15) is 0 Å². The van der Waals surface area contributed by atoms with Gasteiger partial charge < -0.3 is 13.7 Å². The van der Waals surface area contributed by atoms with E-state index in [4.69, 9.17) is 13.7 Å². The number of esters is 1. The average Bonchev–Trinajstić information content (AvgIpc) is 3.23. The summed E-state index contributed by atoms with van der Waals surface area (Å²) in [5.41, 5.74) is 0.429. The van der Waals surface area contributed by atoms with E-state index in [-0.39, 0.29) is 12.4 Å². The number of hydrogen-bond donors (Lipinski definition) is 0. The van der Waals surface area contributed by atoms with Gasteiger partial charge in [0.25, 0.3) is 0 Å². The van der Waals surface area contributed by atoms with Crippen molar-refractivity contribution in [3.05, 3.63) is 57.3 Å². The minimum atomic E-state index is -0.811. The number of nitro groups is 1. The van der Waals surface area contributed by atoms with Gasteiger partial charge >= 0.3 is 11.9 Å². The van der Waals surface area contributed by atoms with Gasteiger partial charge in [-0.25, -0.2) is 4.79 Å². The molecule has 112 valence electrons. The molecule has 0 aliphatic rings. The van der Waals surface area contributed by atoms with E-state index >= 15 is 0 Å². The van der Waals surface area contributed by atoms with Crippen molar-refractivity contribution in [2.45, 2.75) is 6.61 Å². The molecule has 9 heteroatoms. The number of furan rings is 1. The lowest BCUT2D eigenvalue weighted by Gasteiger charge is -1.98. The van der Waals surface area contributed by atoms with Crippen LogP contribution in [0.15, 0.2) is 44.7 Å². The van der Waals surface area contributed by atoms with Crippen molar-refractivity contribution in [3.63, 3.8) is 0 Å². The highest BCUT2D eigenvalue weighted by Gasteiger charge is 2.19. The second-order valence-electron chi connectivity index (χ2n) is 4.13. The van der Waals surface area contributed by atoms with Crippen LogP contribution in [-0.2, 0) is 11.3 Å². The van der Waals surface area contributed by atoms with Crippen molar-refractivity contribution in [2.75, 3.05) is 0 Å². The van der Waals surface area contributed by atoms with Crippen molar-refractivity contribution < 1.29 is 23.4 Å². The van der Waals surface area contributed by atoms with Crippen LogP contribution in [0.2, 0.25) is 0 Å². The zero-order valence-corrected chi connectivity index (χ0v) is 11.7. The van der Waals surface area contributed by atoms with Gasteiger partial charge in [0.05, 0.1) is 10.9 Å². The summed E-state index contributed by atoms with van der Waals surface area (Å²) in [7, 11) is 0. The molecule has 0 fully saturated rings. The van der Waals surface area contributed by atoms with Crippen LogP contribution in [0.3, 0.4) is 0 Å². The highest BCUT2D eigenvalue weighted by molar-refractivity contribution is 7.13. The molecule has 3 aromatic heterocycles. The van der Waals surface area contributed by atoms with E-state index in [1.807, 2.05) is 17.5 Å². The number of carbonyl (C=O) groups is 1. The van der Waals surface area contributed by atoms with Crippen LogP contribution in [0.1, 0.15) is 16.2 Å². The number of nitrogens with zero attached hydrogens (tertiary/aromatic N) is 2. The SMILES string of the molecule is O=C(OCc1cc(-c2cccs2)on1)c1ccc([N+](=O)[O-])o1. The molecule has 0 aliphatic heterocycles. The first-order chi connectivity index (χ1) is 10.6. The minimum Gasteiger partial charge on any atom is -0.453 e. The van der Waals surface area contributed by atoms with E-state index in [1.54, 1.807) is 6.07 Å². The van der Waals surface area contributed by atoms with E-state index in [0.29, 0.717) is 11.5 Å². The van der Waals surface area contributed by atoms with Crippen molar-refractivity contribution in [3.8, 4) is 10.6 Å². The zero-order valence-electron chi connectivity index (χ0n) is 10.9. The van der Waals surface area contributed by atoms with Gasteiger partial charge in [-0.15, -0.1) is 11.3 Å². The Labute approximate surface area is 127 Å². The molecular weight excluding hydrogens is 312 g/mol. The van der Waals surface area contributed by atoms with Crippen LogP contribution < -0.4 is 0 Å². The number of thiophene rings is 1. The maximum absolute atomic E-state index is 11.7. The summed E-state index contributed by atoms with van der Waals surface area (Å²) in [5, 5.41) is 16.2. The topological polar surface area (TPSA) is 109 Å². The summed E-state index contributed by atoms with van der Waals surface area (Å²) < 4.78 is 14.8. The monoisotopic (exact) mass is 320 g/mol. The molecule has 0 spiro atoms. The second-order valence-corrected chi connectivity index (χ2v) is 5.08. The molecule has 8 nitrogen and oxygen atoms in total. The summed E-state index contributed by atoms with van der Waals surface area (Å²) in [6, 6.07) is 7.68. The largest absolute Gasteiger partial charge is 0.453 e. The van der Waals surface area contributed by atoms with Crippen molar-refractivity contribution in [2.24, 2.45) is 0 Å². The lowest BCUT2D eigenvalue weighted by molar-refractivity contribution is -0.402. The Morgan fingerprint density at radius 1 is 1.41 bits per heavy atom. The molecule has 0 N–H and O–H groups in total. The molecule has 3 rings (SSSR count). The fourth-order valence-corrected chi connectivity index (χ4v) is 2.33. The smallest absolute Gasteiger partial charge is 0.433 e. The van der Waals surface area contributed by atoms with Crippen LogP contribution in [0, 0.1) is 10.1 Å². The van der Waals surface area contributed by atoms with Crippen molar-refractivity contribution >= 4 is 23.2 Å². The first-order valence-electron chi connectivity index (χ1n) is 6.04. The normalized spacial score (nSPS) is 10.5. The van der Waals surface area contributed by atoms with E-state index < -0.39 is 16.8 Å². The van der Waals surface area contributed by atoms with Gasteiger partial charge in [-0.3, -0.25) is 10.1 Å². The molecule has 0 aromatic carbocycles. The average molecular weight is 320 g/mol. The third kappa shape index (κ3) is 2.88. The fraction of sp³-hybridized carbons (Fsp3) is 0.0769. The van der Waals surface area contributed by atoms with E-state index in [1.165, 1.54) is 17.4 Å². The Balaban J connectivity index is 1.62. The van der Waals surface area contributed by atoms with Gasteiger partial charge in [0, 0.05) is 6.07 Å². The first kappa shape index (κ1) is 14.0. The summed E-state index contributed by atoms with van der Waals surface area (Å²) in [5.74, 6) is -0.995. The Hall–Kier alpha value is -2.94. The minimum absolute atomic E-state index is 0.123. The molecule has 0 radical (unpaired) electrons. The number of rotatable bonds is 5. The molecule has 0 atom stereocenters. The van der Waals surface area contributed by atoms with Gasteiger partial charge in [0.1, 0.15) is 17.2 Å². The quantitative estimate of drug-likeness (QED) is 0.403. The van der Waals surface area contributed by atoms with Gasteiger partial charge in [-0.05, 0) is 17.5 Å². The molecule has 3 aromatic rings. The van der Waals surface area contributed by atoms with Crippen molar-refractivity contribution in [1.82, 2.24) is 5.16 Å². The van der Waals surface area contributed by atoms with Gasteiger partial charge in [-0.1, -0.05) is 11.2 Å². The third-order valence-electron chi connectivity index (χ3n) is 2.65. The summed E-state index contributed by atoms with van der Waals surface area (Å²) in [6.07, 6.45) is 0. The predicted molar refractivity (Wildman–Crippen MR) is 74.3 cm³/mol. The van der Waals surface area contributed by atoms with Crippen LogP contribution in [0.25, 0.3) is 10.6 Å². The van der Waals surface area contributed by atoms with Crippen LogP contribution in [-0.4, -0.2) is 16.0 Å². The molecular formula is C13H8N2O6S. The Morgan fingerprint density at radius 2 is 2.27 bits per heavy atom. The molecule has 0 saturated heterocycles. The van der Waals surface area contributed by atoms with Gasteiger partial charge in [0.2, 0.25) is 5.76 Å². The Kier molecular flexibility index (Phi) is 3.71. The number of ether oxygens (including phenoxy) is 1. The summed E-state index contributed by atoms with van der Waals surface area (Å²) in [4.78, 5) is 22.3. The Bertz CT molecular complexity index is 804. The highest BCUT2D eigenvalue weighted by Crippen LogP contribution is 2.25. The van der Waals surface area contributed by atoms with Crippen molar-refractivity contribution in [1.29, 1.82) is 0 Å². The molecule has 0 aliphatic carbocycles. The van der Waals surface area contributed by atoms with Crippen LogP contribution in [0.4, 0.5) is 5.88 Å². The van der Waals surface area contributed by atoms with Crippen LogP contribution >= 0.6 is 11.3 Å². The second kappa shape index (κ2) is 5.82. The maximum Gasteiger partial charge on any atom is 0.433 e. The van der Waals surface area contributed by atoms with Crippen LogP contribution in [0.5, 0.6) is 0 Å². The van der Waals surface area contributed by atoms with E-state index in [2.05, 4.69) is 5.16 Å². The lowest BCUT2D eigenvalue weighted by Crippen LogP contribution is -2.04. The number of aromatic nitrogens is 1. The molecule has 3 heterocycles. The summed E-state index contributed by atoms with van der Waals surface area (Å²) in [6.45, 7) is -0.123. The highest BCUT2D eigenvalue weighted by atomic mass is 32.1. The Morgan fingerprint density at radius 3 is 2.95 bits per heavy atom.